The van der Waals surface area contributed by atoms with E-state index in [-0.39, 0.29) is 10.5 Å². The molecule has 1 heterocycles. The first-order valence-corrected chi connectivity index (χ1v) is 9.59. The number of sulfonamides is 1. The van der Waals surface area contributed by atoms with Crippen LogP contribution >= 0.6 is 0 Å². The van der Waals surface area contributed by atoms with Crippen molar-refractivity contribution in [1.82, 2.24) is 14.3 Å². The molecule has 3 rings (SSSR count). The van der Waals surface area contributed by atoms with Gasteiger partial charge in [0.1, 0.15) is 17.7 Å². The van der Waals surface area contributed by atoms with Crippen LogP contribution in [0.4, 0.5) is 4.39 Å². The zero-order chi connectivity index (χ0) is 18.9. The summed E-state index contributed by atoms with van der Waals surface area (Å²) in [5.41, 5.74) is 2.08. The summed E-state index contributed by atoms with van der Waals surface area (Å²) < 4.78 is 44.5. The normalized spacial score (nSPS) is 12.9. The van der Waals surface area contributed by atoms with Gasteiger partial charge >= 0.3 is 0 Å². The molecule has 0 radical (unpaired) electrons. The first kappa shape index (κ1) is 18.3. The lowest BCUT2D eigenvalue weighted by molar-refractivity contribution is 0.545. The molecule has 0 amide bonds. The van der Waals surface area contributed by atoms with Gasteiger partial charge in [-0.1, -0.05) is 24.3 Å². The maximum absolute atomic E-state index is 14.4. The van der Waals surface area contributed by atoms with Crippen molar-refractivity contribution in [2.75, 3.05) is 0 Å². The van der Waals surface area contributed by atoms with E-state index in [2.05, 4.69) is 9.71 Å². The number of aromatic nitrogens is 2. The largest absolute Gasteiger partial charge is 0.336 e. The average molecular weight is 373 g/mol. The van der Waals surface area contributed by atoms with E-state index in [1.54, 1.807) is 60.4 Å². The van der Waals surface area contributed by atoms with Gasteiger partial charge in [0, 0.05) is 25.0 Å². The van der Waals surface area contributed by atoms with E-state index >= 15 is 0 Å². The van der Waals surface area contributed by atoms with E-state index in [1.807, 2.05) is 13.8 Å². The Balaban J connectivity index is 2.07. The van der Waals surface area contributed by atoms with Gasteiger partial charge in [0.2, 0.25) is 10.0 Å². The standard InChI is InChI=1S/C19H20FN3O2S/c1-13-8-9-15(12-14(13)2)26(24,25)22-18(19-21-10-11-23(19)3)16-6-4-5-7-17(16)20/h4-12,18,22H,1-3H3/t18-/m0/s1. The van der Waals surface area contributed by atoms with Crippen molar-refractivity contribution in [2.24, 2.45) is 7.05 Å². The molecule has 136 valence electrons. The number of hydrogen-bond acceptors (Lipinski definition) is 3. The third-order valence-electron chi connectivity index (χ3n) is 4.39. The van der Waals surface area contributed by atoms with Gasteiger partial charge in [0.05, 0.1) is 4.90 Å². The highest BCUT2D eigenvalue weighted by atomic mass is 32.2. The van der Waals surface area contributed by atoms with Crippen LogP contribution in [0.5, 0.6) is 0 Å². The topological polar surface area (TPSA) is 64.0 Å². The summed E-state index contributed by atoms with van der Waals surface area (Å²) in [6.45, 7) is 3.76. The number of imidazole rings is 1. The summed E-state index contributed by atoms with van der Waals surface area (Å²) in [5.74, 6) is -0.0919. The van der Waals surface area contributed by atoms with Crippen LogP contribution in [0, 0.1) is 19.7 Å². The van der Waals surface area contributed by atoms with Gasteiger partial charge in [-0.3, -0.25) is 0 Å². The molecule has 0 saturated carbocycles. The Morgan fingerprint density at radius 3 is 2.46 bits per heavy atom. The molecular weight excluding hydrogens is 353 g/mol. The van der Waals surface area contributed by atoms with E-state index in [0.29, 0.717) is 5.82 Å². The lowest BCUT2D eigenvalue weighted by Crippen LogP contribution is -2.31. The van der Waals surface area contributed by atoms with Crippen molar-refractivity contribution in [1.29, 1.82) is 0 Å². The predicted octanol–water partition coefficient (Wildman–Crippen LogP) is 3.24. The summed E-state index contributed by atoms with van der Waals surface area (Å²) in [7, 11) is -2.14. The highest BCUT2D eigenvalue weighted by Gasteiger charge is 2.27. The minimum absolute atomic E-state index is 0.135. The Hall–Kier alpha value is -2.51. The smallest absolute Gasteiger partial charge is 0.241 e. The lowest BCUT2D eigenvalue weighted by atomic mass is 10.1. The van der Waals surface area contributed by atoms with Gasteiger partial charge in [0.25, 0.3) is 0 Å². The van der Waals surface area contributed by atoms with E-state index in [0.717, 1.165) is 11.1 Å². The summed E-state index contributed by atoms with van der Waals surface area (Å²) in [4.78, 5) is 4.35. The molecule has 0 fully saturated rings. The zero-order valence-electron chi connectivity index (χ0n) is 14.8. The van der Waals surface area contributed by atoms with Crippen molar-refractivity contribution in [3.05, 3.63) is 83.2 Å². The van der Waals surface area contributed by atoms with Gasteiger partial charge in [-0.05, 0) is 43.2 Å². The number of aryl methyl sites for hydroxylation is 3. The van der Waals surface area contributed by atoms with Crippen LogP contribution < -0.4 is 4.72 Å². The molecule has 26 heavy (non-hydrogen) atoms. The second kappa shape index (κ2) is 7.01. The van der Waals surface area contributed by atoms with Gasteiger partial charge < -0.3 is 4.57 Å². The Labute approximate surface area is 152 Å². The second-order valence-corrected chi connectivity index (χ2v) is 7.93. The molecule has 0 unspecified atom stereocenters. The monoisotopic (exact) mass is 373 g/mol. The van der Waals surface area contributed by atoms with Crippen molar-refractivity contribution in [3.63, 3.8) is 0 Å². The highest BCUT2D eigenvalue weighted by molar-refractivity contribution is 7.89. The SMILES string of the molecule is Cc1ccc(S(=O)(=O)N[C@@H](c2ccccc2F)c2nccn2C)cc1C. The molecular formula is C19H20FN3O2S. The number of rotatable bonds is 5. The summed E-state index contributed by atoms with van der Waals surface area (Å²) >= 11 is 0. The molecule has 1 N–H and O–H groups in total. The Morgan fingerprint density at radius 1 is 1.12 bits per heavy atom. The third kappa shape index (κ3) is 3.54. The zero-order valence-corrected chi connectivity index (χ0v) is 15.6. The molecule has 0 aliphatic carbocycles. The summed E-state index contributed by atoms with van der Waals surface area (Å²) in [6.07, 6.45) is 3.24. The van der Waals surface area contributed by atoms with Crippen LogP contribution in [0.25, 0.3) is 0 Å². The van der Waals surface area contributed by atoms with Crippen molar-refractivity contribution in [3.8, 4) is 0 Å². The number of nitrogens with zero attached hydrogens (tertiary/aromatic N) is 2. The molecule has 5 nitrogen and oxygen atoms in total. The number of nitrogens with one attached hydrogen (secondary N) is 1. The van der Waals surface area contributed by atoms with Gasteiger partial charge in [-0.25, -0.2) is 17.8 Å². The first-order valence-electron chi connectivity index (χ1n) is 8.11. The third-order valence-corrected chi connectivity index (χ3v) is 5.82. The van der Waals surface area contributed by atoms with Gasteiger partial charge in [-0.15, -0.1) is 0 Å². The lowest BCUT2D eigenvalue weighted by Gasteiger charge is -2.20. The maximum atomic E-state index is 14.4. The van der Waals surface area contributed by atoms with Crippen LogP contribution in [-0.2, 0) is 17.1 Å². The highest BCUT2D eigenvalue weighted by Crippen LogP contribution is 2.26. The van der Waals surface area contributed by atoms with Crippen LogP contribution in [0.1, 0.15) is 28.6 Å². The fraction of sp³-hybridized carbons (Fsp3) is 0.211. The minimum atomic E-state index is -3.88. The number of halogens is 1. The van der Waals surface area contributed by atoms with Crippen molar-refractivity contribution in [2.45, 2.75) is 24.8 Å². The first-order chi connectivity index (χ1) is 12.3. The fourth-order valence-corrected chi connectivity index (χ4v) is 3.98. The Morgan fingerprint density at radius 2 is 1.85 bits per heavy atom. The molecule has 0 spiro atoms. The van der Waals surface area contributed by atoms with Crippen LogP contribution in [-0.4, -0.2) is 18.0 Å². The second-order valence-electron chi connectivity index (χ2n) is 6.22. The fourth-order valence-electron chi connectivity index (χ4n) is 2.72. The molecule has 1 aromatic heterocycles. The molecule has 1 atom stereocenters. The molecule has 2 aromatic carbocycles. The van der Waals surface area contributed by atoms with Crippen LogP contribution in [0.2, 0.25) is 0 Å². The summed E-state index contributed by atoms with van der Waals surface area (Å²) in [6, 6.07) is 10.0. The van der Waals surface area contributed by atoms with Gasteiger partial charge in [-0.2, -0.15) is 4.72 Å². The van der Waals surface area contributed by atoms with Crippen LogP contribution in [0.3, 0.4) is 0 Å². The van der Waals surface area contributed by atoms with E-state index in [9.17, 15) is 12.8 Å². The Bertz CT molecular complexity index is 1040. The van der Waals surface area contributed by atoms with E-state index < -0.39 is 21.9 Å². The van der Waals surface area contributed by atoms with E-state index in [1.165, 1.54) is 6.07 Å². The van der Waals surface area contributed by atoms with E-state index in [4.69, 9.17) is 0 Å². The molecule has 0 saturated heterocycles. The van der Waals surface area contributed by atoms with Crippen LogP contribution in [0.15, 0.2) is 59.8 Å². The molecule has 0 bridgehead atoms. The average Bonchev–Trinajstić information content (AvgIpc) is 3.02. The quantitative estimate of drug-likeness (QED) is 0.747. The van der Waals surface area contributed by atoms with Gasteiger partial charge in [0.15, 0.2) is 0 Å². The molecule has 0 aliphatic heterocycles. The summed E-state index contributed by atoms with van der Waals surface area (Å²) in [5, 5.41) is 0. The van der Waals surface area contributed by atoms with Crippen molar-refractivity contribution >= 4 is 10.0 Å². The maximum Gasteiger partial charge on any atom is 0.241 e. The Kier molecular flexibility index (Phi) is 4.93. The minimum Gasteiger partial charge on any atom is -0.336 e. The predicted molar refractivity (Wildman–Crippen MR) is 97.7 cm³/mol. The number of hydrogen-bond donors (Lipinski definition) is 1. The number of benzene rings is 2. The van der Waals surface area contributed by atoms with Crippen molar-refractivity contribution < 1.29 is 12.8 Å². The molecule has 3 aromatic rings. The molecule has 7 heteroatoms. The molecule has 0 aliphatic rings.